The van der Waals surface area contributed by atoms with Gasteiger partial charge in [0.05, 0.1) is 10.7 Å². The molecule has 27 heavy (non-hydrogen) atoms. The molecule has 2 aromatic heterocycles. The molecule has 0 saturated heterocycles. The molecule has 0 saturated carbocycles. The van der Waals surface area contributed by atoms with E-state index < -0.39 is 5.91 Å². The Kier molecular flexibility index (Phi) is 6.20. The van der Waals surface area contributed by atoms with Crippen molar-refractivity contribution in [3.05, 3.63) is 63.4 Å². The summed E-state index contributed by atoms with van der Waals surface area (Å²) in [7, 11) is 0. The minimum atomic E-state index is -0.517. The van der Waals surface area contributed by atoms with Gasteiger partial charge in [0.1, 0.15) is 6.54 Å². The summed E-state index contributed by atoms with van der Waals surface area (Å²) in [6.45, 7) is 0.733. The lowest BCUT2D eigenvalue weighted by Gasteiger charge is -2.05. The van der Waals surface area contributed by atoms with Crippen LogP contribution in [0.2, 0.25) is 5.02 Å². The molecule has 2 N–H and O–H groups in total. The number of benzene rings is 1. The maximum atomic E-state index is 12.0. The molecule has 3 rings (SSSR count). The molecule has 1 aromatic carbocycles. The van der Waals surface area contributed by atoms with E-state index in [1.807, 2.05) is 0 Å². The molecular weight excluding hydrogens is 440 g/mol. The second-order valence-electron chi connectivity index (χ2n) is 5.39. The highest BCUT2D eigenvalue weighted by Gasteiger charge is 2.15. The highest BCUT2D eigenvalue weighted by Crippen LogP contribution is 2.09. The largest absolute Gasteiger partial charge is 0.350 e. The van der Waals surface area contributed by atoms with Gasteiger partial charge in [0, 0.05) is 29.9 Å². The summed E-state index contributed by atoms with van der Waals surface area (Å²) in [5.74, 6) is -0.602. The Morgan fingerprint density at radius 1 is 1.15 bits per heavy atom. The molecule has 0 atom stereocenters. The number of hydrogen-bond acceptors (Lipinski definition) is 6. The molecule has 0 unspecified atom stereocenters. The van der Waals surface area contributed by atoms with Gasteiger partial charge >= 0.3 is 11.8 Å². The van der Waals surface area contributed by atoms with E-state index in [9.17, 15) is 9.59 Å². The summed E-state index contributed by atoms with van der Waals surface area (Å²) < 4.78 is 7.36. The number of amides is 2. The van der Waals surface area contributed by atoms with Crippen molar-refractivity contribution >= 4 is 39.3 Å². The first-order chi connectivity index (χ1) is 13.0. The highest BCUT2D eigenvalue weighted by molar-refractivity contribution is 9.10. The van der Waals surface area contributed by atoms with Gasteiger partial charge in [-0.2, -0.15) is 10.1 Å². The van der Waals surface area contributed by atoms with E-state index in [2.05, 4.69) is 41.8 Å². The van der Waals surface area contributed by atoms with Gasteiger partial charge in [0.25, 0.3) is 5.91 Å². The molecule has 0 fully saturated rings. The Labute approximate surface area is 167 Å². The minimum Gasteiger partial charge on any atom is -0.350 e. The zero-order chi connectivity index (χ0) is 19.2. The second-order valence-corrected chi connectivity index (χ2v) is 6.74. The third-order valence-electron chi connectivity index (χ3n) is 3.37. The Bertz CT molecular complexity index is 940. The van der Waals surface area contributed by atoms with E-state index in [0.29, 0.717) is 16.4 Å². The fourth-order valence-electron chi connectivity index (χ4n) is 2.11. The first-order valence-electron chi connectivity index (χ1n) is 7.84. The van der Waals surface area contributed by atoms with Crippen molar-refractivity contribution < 1.29 is 14.1 Å². The SMILES string of the molecule is O=C(NCCNC(=O)c1nc(Cn2cc(Br)cn2)no1)c1ccc(Cl)cc1. The normalized spacial score (nSPS) is 10.6. The van der Waals surface area contributed by atoms with Gasteiger partial charge in [-0.25, -0.2) is 0 Å². The van der Waals surface area contributed by atoms with Crippen LogP contribution in [-0.4, -0.2) is 44.8 Å². The molecule has 0 spiro atoms. The quantitative estimate of drug-likeness (QED) is 0.528. The number of carbonyl (C=O) groups excluding carboxylic acids is 2. The Hall–Kier alpha value is -2.72. The van der Waals surface area contributed by atoms with Gasteiger partial charge in [0.2, 0.25) is 0 Å². The molecule has 3 aromatic rings. The number of halogens is 2. The lowest BCUT2D eigenvalue weighted by molar-refractivity contribution is 0.0898. The van der Waals surface area contributed by atoms with Gasteiger partial charge in [-0.1, -0.05) is 16.8 Å². The number of hydrogen-bond donors (Lipinski definition) is 2. The maximum Gasteiger partial charge on any atom is 0.316 e. The van der Waals surface area contributed by atoms with Crippen molar-refractivity contribution in [3.63, 3.8) is 0 Å². The average molecular weight is 454 g/mol. The van der Waals surface area contributed by atoms with Crippen LogP contribution in [0.15, 0.2) is 45.7 Å². The van der Waals surface area contributed by atoms with E-state index in [0.717, 1.165) is 4.47 Å². The van der Waals surface area contributed by atoms with Crippen LogP contribution in [0.4, 0.5) is 0 Å². The number of aromatic nitrogens is 4. The molecule has 140 valence electrons. The monoisotopic (exact) mass is 452 g/mol. The van der Waals surface area contributed by atoms with E-state index >= 15 is 0 Å². The minimum absolute atomic E-state index is 0.153. The van der Waals surface area contributed by atoms with Crippen molar-refractivity contribution in [2.45, 2.75) is 6.54 Å². The second kappa shape index (κ2) is 8.78. The fraction of sp³-hybridized carbons (Fsp3) is 0.188. The molecule has 0 aliphatic carbocycles. The van der Waals surface area contributed by atoms with Crippen LogP contribution in [-0.2, 0) is 6.54 Å². The number of nitrogens with zero attached hydrogens (tertiary/aromatic N) is 4. The van der Waals surface area contributed by atoms with Crippen LogP contribution < -0.4 is 10.6 Å². The van der Waals surface area contributed by atoms with E-state index in [-0.39, 0.29) is 31.4 Å². The molecule has 0 aliphatic heterocycles. The predicted molar refractivity (Wildman–Crippen MR) is 99.4 cm³/mol. The van der Waals surface area contributed by atoms with Crippen molar-refractivity contribution in [1.82, 2.24) is 30.6 Å². The predicted octanol–water partition coefficient (Wildman–Crippen LogP) is 1.89. The van der Waals surface area contributed by atoms with Crippen molar-refractivity contribution in [2.75, 3.05) is 13.1 Å². The summed E-state index contributed by atoms with van der Waals surface area (Å²) in [5.41, 5.74) is 0.484. The molecule has 11 heteroatoms. The lowest BCUT2D eigenvalue weighted by atomic mass is 10.2. The van der Waals surface area contributed by atoms with Gasteiger partial charge in [-0.05, 0) is 40.2 Å². The van der Waals surface area contributed by atoms with Crippen LogP contribution in [0.5, 0.6) is 0 Å². The number of rotatable bonds is 7. The average Bonchev–Trinajstić information content (AvgIpc) is 3.28. The van der Waals surface area contributed by atoms with E-state index in [1.165, 1.54) is 0 Å². The molecule has 0 bridgehead atoms. The topological polar surface area (TPSA) is 115 Å². The van der Waals surface area contributed by atoms with Gasteiger partial charge < -0.3 is 15.2 Å². The Morgan fingerprint density at radius 3 is 2.52 bits per heavy atom. The summed E-state index contributed by atoms with van der Waals surface area (Å²) in [6, 6.07) is 6.50. The fourth-order valence-corrected chi connectivity index (χ4v) is 2.57. The summed E-state index contributed by atoms with van der Waals surface area (Å²) in [4.78, 5) is 28.0. The third kappa shape index (κ3) is 5.38. The van der Waals surface area contributed by atoms with E-state index in [1.54, 1.807) is 41.3 Å². The van der Waals surface area contributed by atoms with Gasteiger partial charge in [-0.3, -0.25) is 14.3 Å². The molecule has 2 heterocycles. The Balaban J connectivity index is 1.43. The zero-order valence-electron chi connectivity index (χ0n) is 13.9. The summed E-state index contributed by atoms with van der Waals surface area (Å²) in [5, 5.41) is 13.6. The van der Waals surface area contributed by atoms with Crippen LogP contribution in [0.3, 0.4) is 0 Å². The van der Waals surface area contributed by atoms with Gasteiger partial charge in [-0.15, -0.1) is 0 Å². The zero-order valence-corrected chi connectivity index (χ0v) is 16.2. The van der Waals surface area contributed by atoms with Gasteiger partial charge in [0.15, 0.2) is 5.82 Å². The first kappa shape index (κ1) is 19.1. The molecular formula is C16H14BrClN6O3. The third-order valence-corrected chi connectivity index (χ3v) is 4.03. The molecule has 9 nitrogen and oxygen atoms in total. The van der Waals surface area contributed by atoms with Crippen LogP contribution >= 0.6 is 27.5 Å². The molecule has 2 amide bonds. The summed E-state index contributed by atoms with van der Waals surface area (Å²) in [6.07, 6.45) is 3.38. The summed E-state index contributed by atoms with van der Waals surface area (Å²) >= 11 is 9.07. The van der Waals surface area contributed by atoms with Crippen molar-refractivity contribution in [1.29, 1.82) is 0 Å². The molecule has 0 radical (unpaired) electrons. The highest BCUT2D eigenvalue weighted by atomic mass is 79.9. The smallest absolute Gasteiger partial charge is 0.316 e. The Morgan fingerprint density at radius 2 is 1.85 bits per heavy atom. The van der Waals surface area contributed by atoms with Crippen LogP contribution in [0, 0.1) is 0 Å². The van der Waals surface area contributed by atoms with Crippen LogP contribution in [0.25, 0.3) is 0 Å². The van der Waals surface area contributed by atoms with E-state index in [4.69, 9.17) is 16.1 Å². The van der Waals surface area contributed by atoms with Crippen LogP contribution in [0.1, 0.15) is 26.9 Å². The molecule has 0 aliphatic rings. The van der Waals surface area contributed by atoms with Crippen molar-refractivity contribution in [2.24, 2.45) is 0 Å². The standard InChI is InChI=1S/C16H14BrClN6O3/c17-11-7-21-24(8-11)9-13-22-16(27-23-13)15(26)20-6-5-19-14(25)10-1-3-12(18)4-2-10/h1-4,7-8H,5-6,9H2,(H,19,25)(H,20,26). The van der Waals surface area contributed by atoms with Crippen molar-refractivity contribution in [3.8, 4) is 0 Å². The lowest BCUT2D eigenvalue weighted by Crippen LogP contribution is -2.34. The first-order valence-corrected chi connectivity index (χ1v) is 9.01. The number of carbonyl (C=O) groups is 2. The number of nitrogens with one attached hydrogen (secondary N) is 2. The maximum absolute atomic E-state index is 12.0.